The van der Waals surface area contributed by atoms with Gasteiger partial charge in [-0.2, -0.15) is 11.8 Å². The van der Waals surface area contributed by atoms with Gasteiger partial charge >= 0.3 is 0 Å². The highest BCUT2D eigenvalue weighted by molar-refractivity contribution is 7.99. The maximum atomic E-state index is 11.7. The minimum Gasteiger partial charge on any atom is -0.395 e. The lowest BCUT2D eigenvalue weighted by Crippen LogP contribution is -2.41. The molecule has 5 nitrogen and oxygen atoms in total. The number of nitrogens with one attached hydrogen (secondary N) is 1. The zero-order valence-corrected chi connectivity index (χ0v) is 10.4. The molecule has 2 N–H and O–H groups in total. The molecular weight excluding hydrogens is 228 g/mol. The number of aryl methyl sites for hydroxylation is 1. The molecule has 2 unspecified atom stereocenters. The summed E-state index contributed by atoms with van der Waals surface area (Å²) in [7, 11) is 0. The number of aliphatic hydroxyl groups is 1. The summed E-state index contributed by atoms with van der Waals surface area (Å²) in [6.45, 7) is 3.61. The van der Waals surface area contributed by atoms with Crippen molar-refractivity contribution in [3.05, 3.63) is 17.5 Å². The second-order valence-electron chi connectivity index (χ2n) is 3.54. The Kier molecular flexibility index (Phi) is 4.82. The molecule has 0 saturated carbocycles. The van der Waals surface area contributed by atoms with E-state index in [0.717, 1.165) is 0 Å². The Morgan fingerprint density at radius 2 is 2.44 bits per heavy atom. The number of amides is 1. The van der Waals surface area contributed by atoms with Crippen molar-refractivity contribution in [2.75, 3.05) is 12.9 Å². The molecule has 6 heteroatoms. The SMILES string of the molecule is CSC(CO)C(C)NC(=O)c1cc(C)on1. The third kappa shape index (κ3) is 3.24. The summed E-state index contributed by atoms with van der Waals surface area (Å²) >= 11 is 1.51. The second-order valence-corrected chi connectivity index (χ2v) is 4.62. The molecule has 1 aromatic heterocycles. The molecule has 0 radical (unpaired) electrons. The van der Waals surface area contributed by atoms with Crippen LogP contribution in [0.1, 0.15) is 23.2 Å². The highest BCUT2D eigenvalue weighted by Gasteiger charge is 2.19. The largest absolute Gasteiger partial charge is 0.395 e. The molecule has 90 valence electrons. The lowest BCUT2D eigenvalue weighted by atomic mass is 10.2. The molecule has 1 aromatic rings. The van der Waals surface area contributed by atoms with Gasteiger partial charge in [-0.25, -0.2) is 0 Å². The summed E-state index contributed by atoms with van der Waals surface area (Å²) in [5, 5.41) is 15.5. The van der Waals surface area contributed by atoms with Gasteiger partial charge in [-0.1, -0.05) is 5.16 Å². The van der Waals surface area contributed by atoms with Crippen molar-refractivity contribution in [2.45, 2.75) is 25.1 Å². The van der Waals surface area contributed by atoms with E-state index in [-0.39, 0.29) is 29.5 Å². The van der Waals surface area contributed by atoms with Gasteiger partial charge in [0.05, 0.1) is 6.61 Å². The number of nitrogens with zero attached hydrogens (tertiary/aromatic N) is 1. The van der Waals surface area contributed by atoms with Crippen LogP contribution < -0.4 is 5.32 Å². The number of aromatic nitrogens is 1. The molecule has 0 aliphatic carbocycles. The molecule has 1 heterocycles. The molecule has 0 aliphatic rings. The molecule has 0 bridgehead atoms. The van der Waals surface area contributed by atoms with Crippen LogP contribution in [0.2, 0.25) is 0 Å². The van der Waals surface area contributed by atoms with Crippen LogP contribution in [0.25, 0.3) is 0 Å². The van der Waals surface area contributed by atoms with Gasteiger partial charge in [-0.3, -0.25) is 4.79 Å². The molecule has 2 atom stereocenters. The molecular formula is C10H16N2O3S. The van der Waals surface area contributed by atoms with Crippen molar-refractivity contribution in [1.82, 2.24) is 10.5 Å². The first-order valence-corrected chi connectivity index (χ1v) is 6.25. The topological polar surface area (TPSA) is 75.4 Å². The number of carbonyl (C=O) groups excluding carboxylic acids is 1. The van der Waals surface area contributed by atoms with E-state index in [1.54, 1.807) is 13.0 Å². The van der Waals surface area contributed by atoms with Crippen molar-refractivity contribution >= 4 is 17.7 Å². The van der Waals surface area contributed by atoms with Crippen molar-refractivity contribution in [3.8, 4) is 0 Å². The summed E-state index contributed by atoms with van der Waals surface area (Å²) in [5.74, 6) is 0.318. The van der Waals surface area contributed by atoms with Crippen LogP contribution >= 0.6 is 11.8 Å². The Labute approximate surface area is 98.6 Å². The maximum absolute atomic E-state index is 11.7. The number of rotatable bonds is 5. The third-order valence-electron chi connectivity index (χ3n) is 2.26. The van der Waals surface area contributed by atoms with E-state index in [9.17, 15) is 4.79 Å². The van der Waals surface area contributed by atoms with Crippen LogP contribution in [0.5, 0.6) is 0 Å². The number of thioether (sulfide) groups is 1. The van der Waals surface area contributed by atoms with E-state index in [2.05, 4.69) is 10.5 Å². The Hall–Kier alpha value is -1.01. The monoisotopic (exact) mass is 244 g/mol. The van der Waals surface area contributed by atoms with Crippen LogP contribution in [0.4, 0.5) is 0 Å². The minimum atomic E-state index is -0.281. The van der Waals surface area contributed by atoms with E-state index < -0.39 is 0 Å². The first-order chi connectivity index (χ1) is 7.58. The smallest absolute Gasteiger partial charge is 0.273 e. The van der Waals surface area contributed by atoms with Gasteiger partial charge < -0.3 is 14.9 Å². The lowest BCUT2D eigenvalue weighted by molar-refractivity contribution is 0.0927. The van der Waals surface area contributed by atoms with E-state index in [1.807, 2.05) is 13.2 Å². The van der Waals surface area contributed by atoms with Crippen LogP contribution in [0.15, 0.2) is 10.6 Å². The summed E-state index contributed by atoms with van der Waals surface area (Å²) in [6, 6.07) is 1.46. The minimum absolute atomic E-state index is 0.0167. The molecule has 0 aliphatic heterocycles. The highest BCUT2D eigenvalue weighted by Crippen LogP contribution is 2.11. The third-order valence-corrected chi connectivity index (χ3v) is 3.42. The standard InChI is InChI=1S/C10H16N2O3S/c1-6-4-8(12-15-6)10(14)11-7(2)9(5-13)16-3/h4,7,9,13H,5H2,1-3H3,(H,11,14). The van der Waals surface area contributed by atoms with Crippen LogP contribution in [-0.2, 0) is 0 Å². The molecule has 0 spiro atoms. The lowest BCUT2D eigenvalue weighted by Gasteiger charge is -2.20. The first kappa shape index (κ1) is 13.1. The van der Waals surface area contributed by atoms with Gasteiger partial charge in [0.2, 0.25) is 0 Å². The summed E-state index contributed by atoms with van der Waals surface area (Å²) < 4.78 is 4.81. The summed E-state index contributed by atoms with van der Waals surface area (Å²) in [6.07, 6.45) is 1.89. The molecule has 0 aromatic carbocycles. The zero-order chi connectivity index (χ0) is 12.1. The fourth-order valence-electron chi connectivity index (χ4n) is 1.28. The highest BCUT2D eigenvalue weighted by atomic mass is 32.2. The predicted octanol–water partition coefficient (Wildman–Crippen LogP) is 0.825. The van der Waals surface area contributed by atoms with Crippen LogP contribution in [0, 0.1) is 6.92 Å². The van der Waals surface area contributed by atoms with Crippen molar-refractivity contribution < 1.29 is 14.4 Å². The fraction of sp³-hybridized carbons (Fsp3) is 0.600. The van der Waals surface area contributed by atoms with Gasteiger partial charge in [0.25, 0.3) is 5.91 Å². The molecule has 16 heavy (non-hydrogen) atoms. The Bertz CT molecular complexity index is 350. The first-order valence-electron chi connectivity index (χ1n) is 4.96. The number of carbonyl (C=O) groups is 1. The van der Waals surface area contributed by atoms with E-state index in [0.29, 0.717) is 5.76 Å². The zero-order valence-electron chi connectivity index (χ0n) is 9.56. The predicted molar refractivity (Wildman–Crippen MR) is 62.6 cm³/mol. The van der Waals surface area contributed by atoms with Crippen LogP contribution in [0.3, 0.4) is 0 Å². The number of aliphatic hydroxyl groups excluding tert-OH is 1. The van der Waals surface area contributed by atoms with Crippen LogP contribution in [-0.4, -0.2) is 40.3 Å². The molecule has 0 saturated heterocycles. The summed E-state index contributed by atoms with van der Waals surface area (Å²) in [5.41, 5.74) is 0.266. The molecule has 0 fully saturated rings. The second kappa shape index (κ2) is 5.91. The average molecular weight is 244 g/mol. The fourth-order valence-corrected chi connectivity index (χ4v) is 1.91. The maximum Gasteiger partial charge on any atom is 0.273 e. The Balaban J connectivity index is 2.57. The van der Waals surface area contributed by atoms with E-state index in [1.165, 1.54) is 11.8 Å². The molecule has 1 rings (SSSR count). The van der Waals surface area contributed by atoms with Crippen molar-refractivity contribution in [2.24, 2.45) is 0 Å². The number of hydrogen-bond donors (Lipinski definition) is 2. The summed E-state index contributed by atoms with van der Waals surface area (Å²) in [4.78, 5) is 11.7. The quantitative estimate of drug-likeness (QED) is 0.802. The Morgan fingerprint density at radius 3 is 2.88 bits per heavy atom. The van der Waals surface area contributed by atoms with E-state index in [4.69, 9.17) is 9.63 Å². The van der Waals surface area contributed by atoms with E-state index >= 15 is 0 Å². The van der Waals surface area contributed by atoms with Crippen molar-refractivity contribution in [1.29, 1.82) is 0 Å². The van der Waals surface area contributed by atoms with Gasteiger partial charge in [0.15, 0.2) is 5.69 Å². The number of hydrogen-bond acceptors (Lipinski definition) is 5. The average Bonchev–Trinajstić information content (AvgIpc) is 2.66. The normalized spacial score (nSPS) is 14.5. The van der Waals surface area contributed by atoms with Gasteiger partial charge in [-0.05, 0) is 20.1 Å². The van der Waals surface area contributed by atoms with Gasteiger partial charge in [0, 0.05) is 17.4 Å². The molecule has 1 amide bonds. The van der Waals surface area contributed by atoms with Gasteiger partial charge in [-0.15, -0.1) is 0 Å². The Morgan fingerprint density at radius 1 is 1.75 bits per heavy atom. The van der Waals surface area contributed by atoms with Gasteiger partial charge in [0.1, 0.15) is 5.76 Å². The van der Waals surface area contributed by atoms with Crippen molar-refractivity contribution in [3.63, 3.8) is 0 Å².